The van der Waals surface area contributed by atoms with Gasteiger partial charge in [0.2, 0.25) is 5.62 Å². The average molecular weight is 716 g/mol. The lowest BCUT2D eigenvalue weighted by Crippen LogP contribution is -2.31. The molecule has 272 valence electrons. The van der Waals surface area contributed by atoms with E-state index >= 15 is 0 Å². The van der Waals surface area contributed by atoms with Gasteiger partial charge < -0.3 is 28.1 Å². The molecule has 3 heterocycles. The zero-order valence-corrected chi connectivity index (χ0v) is 28.8. The van der Waals surface area contributed by atoms with Crippen molar-refractivity contribution in [2.24, 2.45) is 18.0 Å². The molecule has 0 radical (unpaired) electrons. The second-order valence-corrected chi connectivity index (χ2v) is 12.9. The summed E-state index contributed by atoms with van der Waals surface area (Å²) in [6.45, 7) is 6.20. The van der Waals surface area contributed by atoms with Crippen LogP contribution in [0, 0.1) is 11.7 Å². The Bertz CT molecular complexity index is 2040. The van der Waals surface area contributed by atoms with E-state index in [1.807, 2.05) is 0 Å². The van der Waals surface area contributed by atoms with Crippen molar-refractivity contribution in [3.8, 4) is 22.6 Å². The highest BCUT2D eigenvalue weighted by atomic mass is 19.4. The molecule has 16 heteroatoms. The molecule has 1 aliphatic rings. The van der Waals surface area contributed by atoms with Gasteiger partial charge in [0.15, 0.2) is 29.7 Å². The van der Waals surface area contributed by atoms with Crippen LogP contribution in [0.25, 0.3) is 11.1 Å². The third kappa shape index (κ3) is 8.49. The van der Waals surface area contributed by atoms with E-state index in [1.54, 1.807) is 56.3 Å². The Morgan fingerprint density at radius 3 is 2.45 bits per heavy atom. The lowest BCUT2D eigenvalue weighted by molar-refractivity contribution is -0.143. The van der Waals surface area contributed by atoms with Gasteiger partial charge in [-0.05, 0) is 69.5 Å². The van der Waals surface area contributed by atoms with Crippen LogP contribution in [-0.4, -0.2) is 62.7 Å². The highest BCUT2D eigenvalue weighted by molar-refractivity contribution is 6.04. The summed E-state index contributed by atoms with van der Waals surface area (Å²) in [7, 11) is 2.83. The van der Waals surface area contributed by atoms with E-state index < -0.39 is 53.7 Å². The van der Waals surface area contributed by atoms with E-state index in [-0.39, 0.29) is 59.9 Å². The molecule has 1 amide bonds. The minimum atomic E-state index is -4.82. The first-order valence-corrected chi connectivity index (χ1v) is 15.9. The fourth-order valence-electron chi connectivity index (χ4n) is 5.55. The van der Waals surface area contributed by atoms with Crippen molar-refractivity contribution in [2.45, 2.75) is 59.0 Å². The number of esters is 1. The van der Waals surface area contributed by atoms with Crippen molar-refractivity contribution in [1.82, 2.24) is 18.9 Å². The summed E-state index contributed by atoms with van der Waals surface area (Å²) in [4.78, 5) is 42.3. The van der Waals surface area contributed by atoms with Crippen molar-refractivity contribution in [3.63, 3.8) is 0 Å². The summed E-state index contributed by atoms with van der Waals surface area (Å²) in [5, 5.41) is 3.76. The molecule has 2 aromatic carbocycles. The van der Waals surface area contributed by atoms with Crippen molar-refractivity contribution >= 4 is 17.8 Å². The van der Waals surface area contributed by atoms with Crippen LogP contribution in [0.4, 0.5) is 22.4 Å². The molecule has 2 aromatic heterocycles. The number of rotatable bonds is 9. The van der Waals surface area contributed by atoms with Gasteiger partial charge in [0.25, 0.3) is 0 Å². The molecule has 0 unspecified atom stereocenters. The minimum absolute atomic E-state index is 0.00280. The molecule has 0 aliphatic carbocycles. The number of carbonyl (C=O) groups is 3. The van der Waals surface area contributed by atoms with Gasteiger partial charge >= 0.3 is 18.2 Å². The topological polar surface area (TPSA) is 128 Å². The number of amides is 1. The number of benzene rings is 2. The summed E-state index contributed by atoms with van der Waals surface area (Å²) in [5.74, 6) is -2.89. The lowest BCUT2D eigenvalue weighted by Gasteiger charge is -2.27. The van der Waals surface area contributed by atoms with Crippen LogP contribution >= 0.6 is 0 Å². The molecule has 0 saturated carbocycles. The highest BCUT2D eigenvalue weighted by Gasteiger charge is 2.40. The quantitative estimate of drug-likeness (QED) is 0.159. The Morgan fingerprint density at radius 1 is 1.06 bits per heavy atom. The van der Waals surface area contributed by atoms with Gasteiger partial charge in [0, 0.05) is 43.3 Å². The first-order chi connectivity index (χ1) is 24.0. The van der Waals surface area contributed by atoms with Gasteiger partial charge in [-0.1, -0.05) is 6.07 Å². The fraction of sp³-hybridized carbons (Fsp3) is 0.400. The zero-order valence-electron chi connectivity index (χ0n) is 28.8. The number of hydrogen-bond acceptors (Lipinski definition) is 8. The number of ketones is 1. The first-order valence-electron chi connectivity index (χ1n) is 15.9. The second-order valence-electron chi connectivity index (χ2n) is 12.9. The van der Waals surface area contributed by atoms with Crippen LogP contribution in [0.5, 0.6) is 11.5 Å². The van der Waals surface area contributed by atoms with E-state index in [0.29, 0.717) is 11.1 Å². The maximum atomic E-state index is 14.4. The number of fused-ring (bicyclic) bond motifs is 1. The molecule has 5 rings (SSSR count). The van der Waals surface area contributed by atoms with Crippen LogP contribution < -0.4 is 15.1 Å². The Balaban J connectivity index is 1.57. The molecule has 0 fully saturated rings. The van der Waals surface area contributed by atoms with Crippen molar-refractivity contribution in [3.05, 3.63) is 82.7 Å². The number of imidazole rings is 1. The fourth-order valence-corrected chi connectivity index (χ4v) is 5.55. The molecule has 0 bridgehead atoms. The largest absolute Gasteiger partial charge is 0.491 e. The number of carbonyl (C=O) groups excluding carboxylic acids is 3. The van der Waals surface area contributed by atoms with Gasteiger partial charge in [-0.2, -0.15) is 18.3 Å². The number of halogens is 4. The Labute approximate surface area is 290 Å². The summed E-state index contributed by atoms with van der Waals surface area (Å²) in [5.41, 5.74) is -1.04. The molecule has 0 N–H and O–H groups in total. The summed E-state index contributed by atoms with van der Waals surface area (Å²) in [6.07, 6.45) is -1.04. The van der Waals surface area contributed by atoms with E-state index in [2.05, 4.69) is 14.8 Å². The first kappa shape index (κ1) is 36.9. The van der Waals surface area contributed by atoms with Gasteiger partial charge in [-0.15, -0.1) is 4.99 Å². The van der Waals surface area contributed by atoms with Gasteiger partial charge in [-0.3, -0.25) is 9.48 Å². The number of hydrogen-bond donors (Lipinski definition) is 0. The molecule has 12 nitrogen and oxygen atoms in total. The van der Waals surface area contributed by atoms with E-state index in [0.717, 1.165) is 10.7 Å². The zero-order chi connectivity index (χ0) is 37.2. The van der Waals surface area contributed by atoms with E-state index in [4.69, 9.17) is 14.2 Å². The molecular formula is C35H37F4N5O7. The molecule has 0 saturated heterocycles. The van der Waals surface area contributed by atoms with Crippen LogP contribution in [0.3, 0.4) is 0 Å². The van der Waals surface area contributed by atoms with E-state index in [1.165, 1.54) is 37.6 Å². The van der Waals surface area contributed by atoms with Crippen LogP contribution in [0.2, 0.25) is 0 Å². The maximum absolute atomic E-state index is 14.4. The van der Waals surface area contributed by atoms with Crippen molar-refractivity contribution in [2.75, 3.05) is 20.3 Å². The lowest BCUT2D eigenvalue weighted by atomic mass is 9.86. The Hall–Kier alpha value is -5.41. The number of ether oxygens (including phenoxy) is 4. The van der Waals surface area contributed by atoms with Crippen LogP contribution in [0.15, 0.2) is 53.9 Å². The Morgan fingerprint density at radius 2 is 1.78 bits per heavy atom. The number of nitrogens with zero attached hydrogens (tertiary/aromatic N) is 5. The molecule has 4 aromatic rings. The standard InChI is InChI=1S/C35H37F4N5O7/c1-7-44-17-25(31(41-44)35(37,38)39)23-13-21(16-43-11-10-42(5)32(43)40-33(47)51-34(2,3)4)14-24-29(46)22(18-50-30(23)24)12-20-8-9-26(36)27(15-20)49-19-28(45)48-6/h8-11,13-15,17,22H,7,12,16,18-19H2,1-6H3/b40-32-/t22-/m0/s1. The third-order valence-corrected chi connectivity index (χ3v) is 7.89. The van der Waals surface area contributed by atoms with E-state index in [9.17, 15) is 31.9 Å². The minimum Gasteiger partial charge on any atom is -0.491 e. The SMILES string of the molecule is CCn1cc(-c2cc(Cn3ccn(C)/c3=N/C(=O)OC(C)(C)C)cc3c2OC[C@H](Cc2ccc(F)c(OCC(=O)OC)c2)C3=O)c(C(F)(F)F)n1. The normalized spacial score (nSPS) is 15.0. The summed E-state index contributed by atoms with van der Waals surface area (Å²) < 4.78 is 82.9. The smallest absolute Gasteiger partial charge is 0.437 e. The highest BCUT2D eigenvalue weighted by Crippen LogP contribution is 2.44. The molecule has 1 aliphatic heterocycles. The van der Waals surface area contributed by atoms with Gasteiger partial charge in [0.05, 0.1) is 31.7 Å². The second kappa shape index (κ2) is 14.4. The molecule has 51 heavy (non-hydrogen) atoms. The number of methoxy groups -OCH3 is 1. The van der Waals surface area contributed by atoms with Crippen LogP contribution in [-0.2, 0) is 47.0 Å². The van der Waals surface area contributed by atoms with Crippen molar-refractivity contribution < 1.29 is 50.9 Å². The predicted molar refractivity (Wildman–Crippen MR) is 174 cm³/mol. The number of aromatic nitrogens is 4. The molecular weight excluding hydrogens is 678 g/mol. The van der Waals surface area contributed by atoms with Gasteiger partial charge in [-0.25, -0.2) is 14.0 Å². The summed E-state index contributed by atoms with van der Waals surface area (Å²) >= 11 is 0. The van der Waals surface area contributed by atoms with Crippen LogP contribution in [0.1, 0.15) is 54.9 Å². The predicted octanol–water partition coefficient (Wildman–Crippen LogP) is 5.74. The monoisotopic (exact) mass is 715 g/mol. The average Bonchev–Trinajstić information content (AvgIpc) is 3.65. The Kier molecular flexibility index (Phi) is 10.4. The van der Waals surface area contributed by atoms with Gasteiger partial charge in [0.1, 0.15) is 11.4 Å². The number of aryl methyl sites for hydroxylation is 2. The number of alkyl halides is 3. The molecule has 0 spiro atoms. The maximum Gasteiger partial charge on any atom is 0.437 e. The molecule has 1 atom stereocenters. The van der Waals surface area contributed by atoms with Crippen molar-refractivity contribution in [1.29, 1.82) is 0 Å². The number of Topliss-reactive ketones (excluding diaryl/α,β-unsaturated/α-hetero) is 1. The summed E-state index contributed by atoms with van der Waals surface area (Å²) in [6, 6.07) is 7.00. The third-order valence-electron chi connectivity index (χ3n) is 7.89.